The van der Waals surface area contributed by atoms with Gasteiger partial charge in [-0.25, -0.2) is 0 Å². The average molecular weight is 307 g/mol. The molecule has 1 aliphatic heterocycles. The van der Waals surface area contributed by atoms with E-state index >= 15 is 0 Å². The van der Waals surface area contributed by atoms with Crippen molar-refractivity contribution in [2.45, 2.75) is 5.92 Å². The Hall–Kier alpha value is -3.08. The smallest absolute Gasteiger partial charge is 0.248 e. The Bertz CT molecular complexity index is 783. The third-order valence-corrected chi connectivity index (χ3v) is 3.77. The lowest BCUT2D eigenvalue weighted by Crippen LogP contribution is -2.13. The fourth-order valence-corrected chi connectivity index (χ4v) is 2.62. The minimum absolute atomic E-state index is 0.175. The first-order valence-electron chi connectivity index (χ1n) is 7.35. The number of benzene rings is 2. The zero-order chi connectivity index (χ0) is 16.2. The van der Waals surface area contributed by atoms with E-state index in [1.807, 2.05) is 24.3 Å². The molecule has 2 aromatic carbocycles. The number of primary amides is 1. The monoisotopic (exact) mass is 307 g/mol. The highest BCUT2D eigenvalue weighted by atomic mass is 16.1. The molecule has 1 aliphatic rings. The van der Waals surface area contributed by atoms with Crippen LogP contribution in [0.2, 0.25) is 0 Å². The lowest BCUT2D eigenvalue weighted by atomic mass is 10.0. The number of hydrogen-bond donors (Lipinski definition) is 3. The number of fused-ring (bicyclic) bond motifs is 1. The molecular weight excluding hydrogens is 290 g/mol. The van der Waals surface area contributed by atoms with Crippen LogP contribution in [-0.2, 0) is 4.79 Å². The first kappa shape index (κ1) is 14.8. The van der Waals surface area contributed by atoms with Gasteiger partial charge in [0.2, 0.25) is 11.8 Å². The molecule has 0 saturated heterocycles. The zero-order valence-electron chi connectivity index (χ0n) is 12.5. The van der Waals surface area contributed by atoms with E-state index in [2.05, 4.69) is 16.7 Å². The van der Waals surface area contributed by atoms with Crippen LogP contribution in [0.3, 0.4) is 0 Å². The second-order valence-electron chi connectivity index (χ2n) is 5.37. The maximum atomic E-state index is 12.0. The highest BCUT2D eigenvalue weighted by molar-refractivity contribution is 6.01. The first-order valence-corrected chi connectivity index (χ1v) is 7.35. The lowest BCUT2D eigenvalue weighted by molar-refractivity contribution is -0.111. The third kappa shape index (κ3) is 3.40. The van der Waals surface area contributed by atoms with Gasteiger partial charge in [-0.1, -0.05) is 30.3 Å². The van der Waals surface area contributed by atoms with Crippen LogP contribution in [0.15, 0.2) is 60.7 Å². The maximum absolute atomic E-state index is 12.0. The summed E-state index contributed by atoms with van der Waals surface area (Å²) in [6.45, 7) is 0.778. The Morgan fingerprint density at radius 2 is 2.00 bits per heavy atom. The fourth-order valence-electron chi connectivity index (χ4n) is 2.62. The molecule has 0 aromatic heterocycles. The second-order valence-corrected chi connectivity index (χ2v) is 5.37. The number of nitrogens with two attached hydrogens (primary N) is 1. The normalized spacial score (nSPS) is 15.9. The molecule has 5 heteroatoms. The van der Waals surface area contributed by atoms with E-state index in [0.29, 0.717) is 11.3 Å². The number of hydrogen-bond acceptors (Lipinski definition) is 3. The van der Waals surface area contributed by atoms with E-state index in [1.54, 1.807) is 24.3 Å². The lowest BCUT2D eigenvalue weighted by Gasteiger charge is -2.05. The number of anilines is 2. The van der Waals surface area contributed by atoms with Crippen LogP contribution in [0.4, 0.5) is 11.4 Å². The number of para-hydroxylation sites is 1. The molecule has 4 N–H and O–H groups in total. The quantitative estimate of drug-likeness (QED) is 0.759. The predicted octanol–water partition coefficient (Wildman–Crippen LogP) is 2.49. The number of nitrogens with one attached hydrogen (secondary N) is 2. The van der Waals surface area contributed by atoms with Gasteiger partial charge in [0.1, 0.15) is 0 Å². The number of carbonyl (C=O) groups is 2. The molecule has 1 heterocycles. The summed E-state index contributed by atoms with van der Waals surface area (Å²) in [6.07, 6.45) is 3.40. The van der Waals surface area contributed by atoms with Gasteiger partial charge < -0.3 is 16.4 Å². The van der Waals surface area contributed by atoms with Gasteiger partial charge >= 0.3 is 0 Å². The van der Waals surface area contributed by atoms with Gasteiger partial charge in [-0.05, 0) is 35.9 Å². The van der Waals surface area contributed by atoms with E-state index in [-0.39, 0.29) is 11.8 Å². The van der Waals surface area contributed by atoms with E-state index in [4.69, 9.17) is 5.73 Å². The molecular formula is C18H17N3O2. The Morgan fingerprint density at radius 3 is 2.83 bits per heavy atom. The van der Waals surface area contributed by atoms with Crippen molar-refractivity contribution >= 4 is 23.2 Å². The molecule has 0 fully saturated rings. The third-order valence-electron chi connectivity index (χ3n) is 3.77. The van der Waals surface area contributed by atoms with E-state index < -0.39 is 5.91 Å². The predicted molar refractivity (Wildman–Crippen MR) is 90.4 cm³/mol. The van der Waals surface area contributed by atoms with Crippen LogP contribution in [0.1, 0.15) is 21.8 Å². The largest absolute Gasteiger partial charge is 0.384 e. The standard InChI is InChI=1S/C18H17N3O2/c19-18(23)12-4-3-5-14(10-12)21-17(22)9-8-13-11-20-16-7-2-1-6-15(13)16/h1-10,13,20H,11H2,(H2,19,23)(H,21,22)/b9-8+. The summed E-state index contributed by atoms with van der Waals surface area (Å²) in [4.78, 5) is 23.2. The van der Waals surface area contributed by atoms with E-state index in [9.17, 15) is 9.59 Å². The molecule has 0 saturated carbocycles. The summed E-state index contributed by atoms with van der Waals surface area (Å²) in [5.74, 6) is -0.588. The Labute approximate surface area is 134 Å². The minimum Gasteiger partial charge on any atom is -0.384 e. The molecule has 0 aliphatic carbocycles. The van der Waals surface area contributed by atoms with Gasteiger partial charge in [0.15, 0.2) is 0 Å². The van der Waals surface area contributed by atoms with Crippen LogP contribution >= 0.6 is 0 Å². The van der Waals surface area contributed by atoms with Crippen molar-refractivity contribution in [3.8, 4) is 0 Å². The number of amides is 2. The SMILES string of the molecule is NC(=O)c1cccc(NC(=O)/C=C/C2CNc3ccccc32)c1. The molecule has 2 aromatic rings. The van der Waals surface area contributed by atoms with E-state index in [0.717, 1.165) is 12.2 Å². The minimum atomic E-state index is -0.523. The van der Waals surface area contributed by atoms with Crippen molar-refractivity contribution in [3.05, 3.63) is 71.8 Å². The maximum Gasteiger partial charge on any atom is 0.248 e. The summed E-state index contributed by atoms with van der Waals surface area (Å²) in [5, 5.41) is 6.04. The summed E-state index contributed by atoms with van der Waals surface area (Å²) in [7, 11) is 0. The Morgan fingerprint density at radius 1 is 1.17 bits per heavy atom. The molecule has 23 heavy (non-hydrogen) atoms. The zero-order valence-corrected chi connectivity index (χ0v) is 12.5. The van der Waals surface area contributed by atoms with Gasteiger partial charge in [-0.3, -0.25) is 9.59 Å². The highest BCUT2D eigenvalue weighted by Crippen LogP contribution is 2.31. The molecule has 3 rings (SSSR count). The van der Waals surface area contributed by atoms with Gasteiger partial charge in [-0.2, -0.15) is 0 Å². The first-order chi connectivity index (χ1) is 11.1. The molecule has 0 bridgehead atoms. The second kappa shape index (κ2) is 6.36. The van der Waals surface area contributed by atoms with Crippen molar-refractivity contribution in [1.82, 2.24) is 0 Å². The van der Waals surface area contributed by atoms with Crippen LogP contribution in [-0.4, -0.2) is 18.4 Å². The number of carbonyl (C=O) groups excluding carboxylic acids is 2. The van der Waals surface area contributed by atoms with Crippen LogP contribution in [0.25, 0.3) is 0 Å². The highest BCUT2D eigenvalue weighted by Gasteiger charge is 2.18. The summed E-state index contributed by atoms with van der Waals surface area (Å²) < 4.78 is 0. The van der Waals surface area contributed by atoms with Crippen molar-refractivity contribution in [3.63, 3.8) is 0 Å². The van der Waals surface area contributed by atoms with Crippen molar-refractivity contribution < 1.29 is 9.59 Å². The van der Waals surface area contributed by atoms with E-state index in [1.165, 1.54) is 11.6 Å². The van der Waals surface area contributed by atoms with Crippen molar-refractivity contribution in [2.24, 2.45) is 5.73 Å². The molecule has 116 valence electrons. The fraction of sp³-hybridized carbons (Fsp3) is 0.111. The molecule has 1 unspecified atom stereocenters. The van der Waals surface area contributed by atoms with Crippen molar-refractivity contribution in [2.75, 3.05) is 17.2 Å². The molecule has 0 radical (unpaired) electrons. The average Bonchev–Trinajstić information content (AvgIpc) is 2.96. The van der Waals surface area contributed by atoms with Gasteiger partial charge in [0, 0.05) is 29.4 Å². The van der Waals surface area contributed by atoms with Crippen LogP contribution in [0, 0.1) is 0 Å². The molecule has 2 amide bonds. The summed E-state index contributed by atoms with van der Waals surface area (Å²) in [5.41, 5.74) is 8.43. The van der Waals surface area contributed by atoms with Gasteiger partial charge in [0.05, 0.1) is 0 Å². The molecule has 0 spiro atoms. The summed E-state index contributed by atoms with van der Waals surface area (Å²) in [6, 6.07) is 14.6. The summed E-state index contributed by atoms with van der Waals surface area (Å²) >= 11 is 0. The molecule has 1 atom stereocenters. The van der Waals surface area contributed by atoms with Gasteiger partial charge in [0.25, 0.3) is 0 Å². The Balaban J connectivity index is 1.66. The van der Waals surface area contributed by atoms with Crippen LogP contribution in [0.5, 0.6) is 0 Å². The topological polar surface area (TPSA) is 84.2 Å². The van der Waals surface area contributed by atoms with Crippen molar-refractivity contribution in [1.29, 1.82) is 0 Å². The number of rotatable bonds is 4. The Kier molecular flexibility index (Phi) is 4.10. The van der Waals surface area contributed by atoms with Gasteiger partial charge in [-0.15, -0.1) is 0 Å². The molecule has 5 nitrogen and oxygen atoms in total. The van der Waals surface area contributed by atoms with Crippen LogP contribution < -0.4 is 16.4 Å².